The van der Waals surface area contributed by atoms with Gasteiger partial charge < -0.3 is 20.6 Å². The monoisotopic (exact) mass is 750 g/mol. The summed E-state index contributed by atoms with van der Waals surface area (Å²) in [5.74, 6) is -0.312. The molecule has 3 atom stereocenters. The molecule has 3 unspecified atom stereocenters. The molecule has 0 spiro atoms. The lowest BCUT2D eigenvalue weighted by molar-refractivity contribution is -0.124. The van der Waals surface area contributed by atoms with Crippen LogP contribution in [-0.2, 0) is 4.79 Å². The predicted molar refractivity (Wildman–Crippen MR) is 232 cm³/mol. The van der Waals surface area contributed by atoms with Crippen molar-refractivity contribution in [3.05, 3.63) is 12.2 Å². The molecule has 316 valence electrons. The molecule has 0 aliphatic carbocycles. The van der Waals surface area contributed by atoms with Gasteiger partial charge in [-0.25, -0.2) is 0 Å². The van der Waals surface area contributed by atoms with Crippen LogP contribution < -0.4 is 5.32 Å². The summed E-state index contributed by atoms with van der Waals surface area (Å²) in [4.78, 5) is 12.4. The third-order valence-electron chi connectivity index (χ3n) is 11.3. The number of hydrogen-bond acceptors (Lipinski definition) is 4. The molecule has 0 rings (SSSR count). The standard InChI is InChI=1S/C48H95NO4/c1-3-5-7-9-11-13-15-17-18-19-20-21-22-23-24-25-26-27-28-29-30-31-33-35-37-39-41-45(51)43-48(53)49-46(44-50)47(52)42-40-38-36-34-32-16-14-12-10-8-6-4-2/h40,42,45-47,50-52H,3-39,41,43-44H2,1-2H3,(H,49,53)/b42-40+. The first-order valence-corrected chi connectivity index (χ1v) is 24.0. The predicted octanol–water partition coefficient (Wildman–Crippen LogP) is 14.0. The van der Waals surface area contributed by atoms with Crippen LogP contribution in [0, 0.1) is 0 Å². The normalized spacial score (nSPS) is 13.5. The number of carbonyl (C=O) groups excluding carboxylic acids is 1. The van der Waals surface area contributed by atoms with E-state index in [1.54, 1.807) is 6.08 Å². The summed E-state index contributed by atoms with van der Waals surface area (Å²) in [5, 5.41) is 33.2. The molecular formula is C48H95NO4. The zero-order valence-corrected chi connectivity index (χ0v) is 35.9. The first-order valence-electron chi connectivity index (χ1n) is 24.0. The van der Waals surface area contributed by atoms with E-state index in [0.29, 0.717) is 6.42 Å². The van der Waals surface area contributed by atoms with Gasteiger partial charge in [0.05, 0.1) is 31.3 Å². The van der Waals surface area contributed by atoms with Gasteiger partial charge in [0.25, 0.3) is 0 Å². The molecule has 0 aliphatic rings. The average molecular weight is 750 g/mol. The van der Waals surface area contributed by atoms with Crippen LogP contribution >= 0.6 is 0 Å². The van der Waals surface area contributed by atoms with Crippen LogP contribution in [0.3, 0.4) is 0 Å². The lowest BCUT2D eigenvalue weighted by Crippen LogP contribution is -2.45. The number of aliphatic hydroxyl groups is 3. The minimum atomic E-state index is -0.923. The van der Waals surface area contributed by atoms with Gasteiger partial charge in [0, 0.05) is 0 Å². The van der Waals surface area contributed by atoms with Crippen molar-refractivity contribution >= 4 is 5.91 Å². The smallest absolute Gasteiger partial charge is 0.222 e. The van der Waals surface area contributed by atoms with Gasteiger partial charge in [0.15, 0.2) is 0 Å². The van der Waals surface area contributed by atoms with E-state index >= 15 is 0 Å². The molecule has 5 nitrogen and oxygen atoms in total. The highest BCUT2D eigenvalue weighted by Crippen LogP contribution is 2.17. The largest absolute Gasteiger partial charge is 0.394 e. The molecule has 0 radical (unpaired) electrons. The number of carbonyl (C=O) groups is 1. The summed E-state index contributed by atoms with van der Waals surface area (Å²) >= 11 is 0. The van der Waals surface area contributed by atoms with Crippen molar-refractivity contribution in [3.63, 3.8) is 0 Å². The Hall–Kier alpha value is -0.910. The Kier molecular flexibility index (Phi) is 43.1. The molecule has 5 heteroatoms. The molecule has 0 aromatic carbocycles. The molecule has 0 aromatic heterocycles. The summed E-state index contributed by atoms with van der Waals surface area (Å²) in [6.07, 6.45) is 52.3. The van der Waals surface area contributed by atoms with Crippen molar-refractivity contribution in [1.82, 2.24) is 5.32 Å². The van der Waals surface area contributed by atoms with E-state index in [1.165, 1.54) is 212 Å². The molecule has 1 amide bonds. The van der Waals surface area contributed by atoms with Crippen molar-refractivity contribution in [3.8, 4) is 0 Å². The minimum absolute atomic E-state index is 0.0188. The molecule has 0 aliphatic heterocycles. The highest BCUT2D eigenvalue weighted by molar-refractivity contribution is 5.76. The van der Waals surface area contributed by atoms with Crippen molar-refractivity contribution in [2.24, 2.45) is 0 Å². The zero-order chi connectivity index (χ0) is 38.7. The number of aliphatic hydroxyl groups excluding tert-OH is 3. The molecule has 0 heterocycles. The van der Waals surface area contributed by atoms with E-state index in [0.717, 1.165) is 25.7 Å². The topological polar surface area (TPSA) is 89.8 Å². The Morgan fingerprint density at radius 2 is 0.774 bits per heavy atom. The van der Waals surface area contributed by atoms with Gasteiger partial charge in [-0.05, 0) is 19.3 Å². The minimum Gasteiger partial charge on any atom is -0.394 e. The number of amides is 1. The van der Waals surface area contributed by atoms with Crippen LogP contribution in [0.25, 0.3) is 0 Å². The van der Waals surface area contributed by atoms with Crippen LogP contribution in [-0.4, -0.2) is 46.1 Å². The summed E-state index contributed by atoms with van der Waals surface area (Å²) in [5.41, 5.74) is 0. The molecular weight excluding hydrogens is 655 g/mol. The fourth-order valence-electron chi connectivity index (χ4n) is 7.64. The Morgan fingerprint density at radius 1 is 0.472 bits per heavy atom. The Bertz CT molecular complexity index is 743. The number of hydrogen-bond donors (Lipinski definition) is 4. The second-order valence-electron chi connectivity index (χ2n) is 16.7. The molecule has 0 bridgehead atoms. The molecule has 0 aromatic rings. The highest BCUT2D eigenvalue weighted by atomic mass is 16.3. The second kappa shape index (κ2) is 43.8. The number of allylic oxidation sites excluding steroid dienone is 1. The van der Waals surface area contributed by atoms with Gasteiger partial charge in [0.2, 0.25) is 5.91 Å². The number of unbranched alkanes of at least 4 members (excludes halogenated alkanes) is 35. The third kappa shape index (κ3) is 40.6. The Balaban J connectivity index is 3.52. The third-order valence-corrected chi connectivity index (χ3v) is 11.3. The summed E-state index contributed by atoms with van der Waals surface area (Å²) in [7, 11) is 0. The van der Waals surface area contributed by atoms with E-state index in [1.807, 2.05) is 6.08 Å². The van der Waals surface area contributed by atoms with Gasteiger partial charge in [-0.3, -0.25) is 4.79 Å². The average Bonchev–Trinajstić information content (AvgIpc) is 3.15. The lowest BCUT2D eigenvalue weighted by atomic mass is 10.0. The van der Waals surface area contributed by atoms with Crippen molar-refractivity contribution in [1.29, 1.82) is 0 Å². The molecule has 0 saturated heterocycles. The van der Waals surface area contributed by atoms with Gasteiger partial charge in [0.1, 0.15) is 0 Å². The second-order valence-corrected chi connectivity index (χ2v) is 16.7. The van der Waals surface area contributed by atoms with E-state index in [-0.39, 0.29) is 18.9 Å². The molecule has 0 fully saturated rings. The van der Waals surface area contributed by atoms with Crippen LogP contribution in [0.2, 0.25) is 0 Å². The van der Waals surface area contributed by atoms with Crippen molar-refractivity contribution < 1.29 is 20.1 Å². The summed E-state index contributed by atoms with van der Waals surface area (Å²) in [6, 6.07) is -0.738. The van der Waals surface area contributed by atoms with Crippen LogP contribution in [0.4, 0.5) is 0 Å². The Labute approximate surface area is 331 Å². The van der Waals surface area contributed by atoms with Crippen molar-refractivity contribution in [2.45, 2.75) is 283 Å². The molecule has 0 saturated carbocycles. The fourth-order valence-corrected chi connectivity index (χ4v) is 7.64. The number of nitrogens with one attached hydrogen (secondary N) is 1. The van der Waals surface area contributed by atoms with Gasteiger partial charge in [-0.1, -0.05) is 251 Å². The maximum Gasteiger partial charge on any atom is 0.222 e. The van der Waals surface area contributed by atoms with E-state index in [9.17, 15) is 20.1 Å². The highest BCUT2D eigenvalue weighted by Gasteiger charge is 2.20. The van der Waals surface area contributed by atoms with Crippen LogP contribution in [0.5, 0.6) is 0 Å². The Morgan fingerprint density at radius 3 is 1.09 bits per heavy atom. The van der Waals surface area contributed by atoms with Gasteiger partial charge >= 0.3 is 0 Å². The maximum absolute atomic E-state index is 12.4. The van der Waals surface area contributed by atoms with Gasteiger partial charge in [-0.15, -0.1) is 0 Å². The van der Waals surface area contributed by atoms with E-state index in [4.69, 9.17) is 0 Å². The maximum atomic E-state index is 12.4. The molecule has 4 N–H and O–H groups in total. The summed E-state index contributed by atoms with van der Waals surface area (Å²) in [6.45, 7) is 4.22. The number of rotatable bonds is 44. The first-order chi connectivity index (χ1) is 26.0. The fraction of sp³-hybridized carbons (Fsp3) is 0.938. The van der Waals surface area contributed by atoms with Crippen molar-refractivity contribution in [2.75, 3.05) is 6.61 Å². The van der Waals surface area contributed by atoms with Crippen LogP contribution in [0.1, 0.15) is 264 Å². The van der Waals surface area contributed by atoms with E-state index < -0.39 is 18.2 Å². The summed E-state index contributed by atoms with van der Waals surface area (Å²) < 4.78 is 0. The van der Waals surface area contributed by atoms with Gasteiger partial charge in [-0.2, -0.15) is 0 Å². The van der Waals surface area contributed by atoms with E-state index in [2.05, 4.69) is 19.2 Å². The van der Waals surface area contributed by atoms with Crippen LogP contribution in [0.15, 0.2) is 12.2 Å². The SMILES string of the molecule is CCCCCCCCCCCC/C=C/C(O)C(CO)NC(=O)CC(O)CCCCCCCCCCCCCCCCCCCCCCCCCCCC. The first kappa shape index (κ1) is 52.1. The molecule has 53 heavy (non-hydrogen) atoms. The lowest BCUT2D eigenvalue weighted by Gasteiger charge is -2.21. The zero-order valence-electron chi connectivity index (χ0n) is 35.9. The quantitative estimate of drug-likeness (QED) is 0.0369.